The van der Waals surface area contributed by atoms with Crippen molar-refractivity contribution in [2.75, 3.05) is 18.5 Å². The Morgan fingerprint density at radius 2 is 1.63 bits per heavy atom. The van der Waals surface area contributed by atoms with Crippen LogP contribution in [0, 0.1) is 6.92 Å². The zero-order valence-corrected chi connectivity index (χ0v) is 11.8. The lowest BCUT2D eigenvalue weighted by atomic mass is 10.1. The van der Waals surface area contributed by atoms with E-state index in [9.17, 15) is 0 Å². The van der Waals surface area contributed by atoms with Gasteiger partial charge in [-0.3, -0.25) is 4.99 Å². The standard InChI is InChI=1S/C17H20N2/c1-4-19(15-11-6-5-7-12-15)17(18-3)16-13-9-8-10-14(16)2/h5-13H,4H2,1-3H3. The van der Waals surface area contributed by atoms with E-state index in [1.54, 1.807) is 0 Å². The molecule has 0 saturated carbocycles. The Labute approximate surface area is 115 Å². The number of nitrogens with zero attached hydrogens (tertiary/aromatic N) is 2. The lowest BCUT2D eigenvalue weighted by molar-refractivity contribution is 1.05. The predicted molar refractivity (Wildman–Crippen MR) is 83.1 cm³/mol. The minimum Gasteiger partial charge on any atom is -0.326 e. The highest BCUT2D eigenvalue weighted by Crippen LogP contribution is 2.19. The van der Waals surface area contributed by atoms with Crippen LogP contribution >= 0.6 is 0 Å². The third-order valence-corrected chi connectivity index (χ3v) is 3.24. The Hall–Kier alpha value is -2.09. The molecule has 0 aliphatic carbocycles. The van der Waals surface area contributed by atoms with Crippen LogP contribution in [0.3, 0.4) is 0 Å². The van der Waals surface area contributed by atoms with Crippen molar-refractivity contribution in [1.82, 2.24) is 0 Å². The summed E-state index contributed by atoms with van der Waals surface area (Å²) in [5, 5.41) is 0. The van der Waals surface area contributed by atoms with Crippen LogP contribution in [0.2, 0.25) is 0 Å². The maximum Gasteiger partial charge on any atom is 0.135 e. The molecular formula is C17H20N2. The van der Waals surface area contributed by atoms with E-state index in [2.05, 4.69) is 72.3 Å². The molecule has 0 aromatic heterocycles. The van der Waals surface area contributed by atoms with Gasteiger partial charge >= 0.3 is 0 Å². The Morgan fingerprint density at radius 1 is 1.00 bits per heavy atom. The largest absolute Gasteiger partial charge is 0.326 e. The second kappa shape index (κ2) is 6.19. The van der Waals surface area contributed by atoms with Crippen LogP contribution in [0.5, 0.6) is 0 Å². The lowest BCUT2D eigenvalue weighted by Gasteiger charge is -2.25. The summed E-state index contributed by atoms with van der Waals surface area (Å²) in [6.07, 6.45) is 0. The molecule has 0 radical (unpaired) electrons. The van der Waals surface area contributed by atoms with Gasteiger partial charge in [-0.2, -0.15) is 0 Å². The molecule has 0 unspecified atom stereocenters. The molecule has 19 heavy (non-hydrogen) atoms. The summed E-state index contributed by atoms with van der Waals surface area (Å²) >= 11 is 0. The first-order valence-corrected chi connectivity index (χ1v) is 6.63. The van der Waals surface area contributed by atoms with Crippen molar-refractivity contribution < 1.29 is 0 Å². The summed E-state index contributed by atoms with van der Waals surface area (Å²) in [4.78, 5) is 6.75. The van der Waals surface area contributed by atoms with Crippen molar-refractivity contribution in [3.63, 3.8) is 0 Å². The fraction of sp³-hybridized carbons (Fsp3) is 0.235. The van der Waals surface area contributed by atoms with Gasteiger partial charge in [0.2, 0.25) is 0 Å². The highest BCUT2D eigenvalue weighted by molar-refractivity contribution is 6.10. The van der Waals surface area contributed by atoms with E-state index >= 15 is 0 Å². The van der Waals surface area contributed by atoms with Gasteiger partial charge in [0.1, 0.15) is 5.84 Å². The van der Waals surface area contributed by atoms with Crippen molar-refractivity contribution in [3.8, 4) is 0 Å². The molecule has 0 spiro atoms. The maximum absolute atomic E-state index is 4.51. The first-order chi connectivity index (χ1) is 9.27. The van der Waals surface area contributed by atoms with Crippen LogP contribution in [0.1, 0.15) is 18.1 Å². The van der Waals surface area contributed by atoms with Gasteiger partial charge in [-0.15, -0.1) is 0 Å². The molecule has 98 valence electrons. The summed E-state index contributed by atoms with van der Waals surface area (Å²) in [7, 11) is 1.85. The van der Waals surface area contributed by atoms with Gasteiger partial charge in [-0.05, 0) is 31.5 Å². The maximum atomic E-state index is 4.51. The summed E-state index contributed by atoms with van der Waals surface area (Å²) < 4.78 is 0. The molecule has 0 atom stereocenters. The second-order valence-electron chi connectivity index (χ2n) is 4.44. The van der Waals surface area contributed by atoms with Gasteiger partial charge in [0.05, 0.1) is 0 Å². The fourth-order valence-electron chi connectivity index (χ4n) is 2.27. The molecule has 2 rings (SSSR count). The van der Waals surface area contributed by atoms with E-state index in [4.69, 9.17) is 0 Å². The van der Waals surface area contributed by atoms with E-state index in [0.717, 1.165) is 12.4 Å². The van der Waals surface area contributed by atoms with E-state index in [0.29, 0.717) is 0 Å². The Balaban J connectivity index is 2.44. The number of rotatable bonds is 3. The Bertz CT molecular complexity index is 558. The predicted octanol–water partition coefficient (Wildman–Crippen LogP) is 3.90. The van der Waals surface area contributed by atoms with Gasteiger partial charge < -0.3 is 4.90 Å². The summed E-state index contributed by atoms with van der Waals surface area (Å²) in [5.41, 5.74) is 3.61. The molecule has 2 nitrogen and oxygen atoms in total. The molecule has 2 aromatic rings. The van der Waals surface area contributed by atoms with Crippen molar-refractivity contribution >= 4 is 11.5 Å². The van der Waals surface area contributed by atoms with Gasteiger partial charge in [0.25, 0.3) is 0 Å². The average molecular weight is 252 g/mol. The monoisotopic (exact) mass is 252 g/mol. The lowest BCUT2D eigenvalue weighted by Crippen LogP contribution is -2.32. The van der Waals surface area contributed by atoms with E-state index < -0.39 is 0 Å². The van der Waals surface area contributed by atoms with Crippen LogP contribution in [0.25, 0.3) is 0 Å². The number of anilines is 1. The third-order valence-electron chi connectivity index (χ3n) is 3.24. The quantitative estimate of drug-likeness (QED) is 0.597. The highest BCUT2D eigenvalue weighted by atomic mass is 15.2. The number of benzene rings is 2. The van der Waals surface area contributed by atoms with Gasteiger partial charge in [0.15, 0.2) is 0 Å². The van der Waals surface area contributed by atoms with Crippen LogP contribution in [0.4, 0.5) is 5.69 Å². The van der Waals surface area contributed by atoms with Gasteiger partial charge in [-0.25, -0.2) is 0 Å². The van der Waals surface area contributed by atoms with Gasteiger partial charge in [-0.1, -0.05) is 42.5 Å². The average Bonchev–Trinajstić information content (AvgIpc) is 2.46. The van der Waals surface area contributed by atoms with E-state index in [-0.39, 0.29) is 0 Å². The normalized spacial score (nSPS) is 11.4. The fourth-order valence-corrected chi connectivity index (χ4v) is 2.27. The molecule has 0 heterocycles. The van der Waals surface area contributed by atoms with Crippen molar-refractivity contribution in [2.24, 2.45) is 4.99 Å². The first-order valence-electron chi connectivity index (χ1n) is 6.63. The Kier molecular flexibility index (Phi) is 4.35. The SMILES string of the molecule is CCN(C(=NC)c1ccccc1C)c1ccccc1. The smallest absolute Gasteiger partial charge is 0.135 e. The number of aryl methyl sites for hydroxylation is 1. The molecule has 0 aliphatic heterocycles. The third kappa shape index (κ3) is 2.84. The van der Waals surface area contributed by atoms with Crippen molar-refractivity contribution in [1.29, 1.82) is 0 Å². The molecule has 0 fully saturated rings. The zero-order valence-electron chi connectivity index (χ0n) is 11.8. The number of hydrogen-bond acceptors (Lipinski definition) is 1. The molecule has 0 saturated heterocycles. The molecule has 0 bridgehead atoms. The van der Waals surface area contributed by atoms with E-state index in [1.807, 2.05) is 13.1 Å². The van der Waals surface area contributed by atoms with Crippen LogP contribution < -0.4 is 4.90 Å². The summed E-state index contributed by atoms with van der Waals surface area (Å²) in [6, 6.07) is 18.8. The molecule has 0 amide bonds. The molecule has 0 aliphatic rings. The van der Waals surface area contributed by atoms with Crippen LogP contribution in [-0.2, 0) is 0 Å². The van der Waals surface area contributed by atoms with Gasteiger partial charge in [0, 0.05) is 24.8 Å². The summed E-state index contributed by atoms with van der Waals surface area (Å²) in [5.74, 6) is 1.02. The number of para-hydroxylation sites is 1. The van der Waals surface area contributed by atoms with Crippen LogP contribution in [0.15, 0.2) is 59.6 Å². The highest BCUT2D eigenvalue weighted by Gasteiger charge is 2.14. The second-order valence-corrected chi connectivity index (χ2v) is 4.44. The number of amidine groups is 1. The van der Waals surface area contributed by atoms with E-state index in [1.165, 1.54) is 16.8 Å². The van der Waals surface area contributed by atoms with Crippen molar-refractivity contribution in [2.45, 2.75) is 13.8 Å². The molecule has 0 N–H and O–H groups in total. The minimum absolute atomic E-state index is 0.894. The number of aliphatic imine (C=N–C) groups is 1. The Morgan fingerprint density at radius 3 is 2.21 bits per heavy atom. The summed E-state index contributed by atoms with van der Waals surface area (Å²) in [6.45, 7) is 5.17. The van der Waals surface area contributed by atoms with Crippen LogP contribution in [-0.4, -0.2) is 19.4 Å². The first kappa shape index (κ1) is 13.3. The zero-order chi connectivity index (χ0) is 13.7. The molecule has 2 heteroatoms. The van der Waals surface area contributed by atoms with Crippen molar-refractivity contribution in [3.05, 3.63) is 65.7 Å². The molecule has 2 aromatic carbocycles. The minimum atomic E-state index is 0.894. The number of hydrogen-bond donors (Lipinski definition) is 0. The molecular weight excluding hydrogens is 232 g/mol. The topological polar surface area (TPSA) is 15.6 Å².